The Kier molecular flexibility index (Phi) is 5.42. The second-order valence-electron chi connectivity index (χ2n) is 4.78. The number of halogens is 2. The fourth-order valence-electron chi connectivity index (χ4n) is 2.21. The number of amides is 1. The molecule has 2 rings (SSSR count). The minimum Gasteiger partial charge on any atom is -0.396 e. The quantitative estimate of drug-likeness (QED) is 0.834. The minimum absolute atomic E-state index is 0.0533. The summed E-state index contributed by atoms with van der Waals surface area (Å²) in [6.07, 6.45) is 3.97. The molecule has 0 aromatic heterocycles. The topological polar surface area (TPSA) is 40.5 Å². The number of aliphatic hydroxyl groups is 1. The maximum absolute atomic E-state index is 12.6. The number of aliphatic hydroxyl groups excluding tert-OH is 1. The van der Waals surface area contributed by atoms with Crippen molar-refractivity contribution in [3.05, 3.63) is 32.7 Å². The molecule has 0 unspecified atom stereocenters. The van der Waals surface area contributed by atoms with Crippen LogP contribution in [0.3, 0.4) is 0 Å². The van der Waals surface area contributed by atoms with Crippen LogP contribution < -0.4 is 0 Å². The molecule has 3 nitrogen and oxygen atoms in total. The van der Waals surface area contributed by atoms with Crippen molar-refractivity contribution in [1.82, 2.24) is 4.90 Å². The third kappa shape index (κ3) is 3.58. The first-order valence-electron chi connectivity index (χ1n) is 6.50. The van der Waals surface area contributed by atoms with E-state index in [1.807, 2.05) is 23.1 Å². The molecule has 1 aromatic carbocycles. The van der Waals surface area contributed by atoms with Crippen LogP contribution >= 0.6 is 31.9 Å². The second kappa shape index (κ2) is 6.86. The fraction of sp³-hybridized carbons (Fsp3) is 0.500. The highest BCUT2D eigenvalue weighted by Crippen LogP contribution is 2.29. The number of hydrogen-bond donors (Lipinski definition) is 1. The molecule has 5 heteroatoms. The highest BCUT2D eigenvalue weighted by molar-refractivity contribution is 9.11. The van der Waals surface area contributed by atoms with Crippen molar-refractivity contribution in [2.24, 2.45) is 0 Å². The van der Waals surface area contributed by atoms with E-state index in [4.69, 9.17) is 5.11 Å². The number of benzene rings is 1. The molecular formula is C14H17Br2NO2. The molecule has 0 bridgehead atoms. The zero-order valence-corrected chi connectivity index (χ0v) is 13.8. The molecule has 0 saturated heterocycles. The molecule has 0 heterocycles. The van der Waals surface area contributed by atoms with Crippen LogP contribution in [0.1, 0.15) is 36.0 Å². The smallest absolute Gasteiger partial charge is 0.255 e. The average Bonchev–Trinajstić information content (AvgIpc) is 2.31. The molecule has 1 amide bonds. The van der Waals surface area contributed by atoms with Gasteiger partial charge in [0.15, 0.2) is 0 Å². The molecule has 1 N–H and O–H groups in total. The van der Waals surface area contributed by atoms with E-state index < -0.39 is 0 Å². The van der Waals surface area contributed by atoms with E-state index in [0.717, 1.165) is 21.8 Å². The molecule has 104 valence electrons. The van der Waals surface area contributed by atoms with Gasteiger partial charge in [-0.25, -0.2) is 0 Å². The van der Waals surface area contributed by atoms with Crippen LogP contribution in [0.4, 0.5) is 0 Å². The molecule has 19 heavy (non-hydrogen) atoms. The van der Waals surface area contributed by atoms with Gasteiger partial charge in [-0.2, -0.15) is 0 Å². The molecule has 0 atom stereocenters. The summed E-state index contributed by atoms with van der Waals surface area (Å²) in [5.74, 6) is 0.0533. The SMILES string of the molecule is O=C(c1ccc(Br)cc1Br)N(CCCO)C1CCC1. The zero-order valence-electron chi connectivity index (χ0n) is 10.6. The Morgan fingerprint density at radius 2 is 2.11 bits per heavy atom. The Morgan fingerprint density at radius 3 is 2.63 bits per heavy atom. The van der Waals surface area contributed by atoms with Crippen LogP contribution in [-0.4, -0.2) is 35.1 Å². The van der Waals surface area contributed by atoms with Gasteiger partial charge in [-0.05, 0) is 59.8 Å². The van der Waals surface area contributed by atoms with Crippen molar-refractivity contribution in [3.8, 4) is 0 Å². The zero-order chi connectivity index (χ0) is 13.8. The Morgan fingerprint density at radius 1 is 1.37 bits per heavy atom. The minimum atomic E-state index is 0.0533. The Labute approximate surface area is 130 Å². The van der Waals surface area contributed by atoms with Crippen LogP contribution in [0.15, 0.2) is 27.1 Å². The van der Waals surface area contributed by atoms with E-state index in [1.54, 1.807) is 0 Å². The van der Waals surface area contributed by atoms with Crippen molar-refractivity contribution in [1.29, 1.82) is 0 Å². The lowest BCUT2D eigenvalue weighted by Gasteiger charge is -2.37. The van der Waals surface area contributed by atoms with Gasteiger partial charge < -0.3 is 10.0 Å². The summed E-state index contributed by atoms with van der Waals surface area (Å²) in [6, 6.07) is 5.94. The van der Waals surface area contributed by atoms with Crippen molar-refractivity contribution in [2.75, 3.05) is 13.2 Å². The third-order valence-electron chi connectivity index (χ3n) is 3.50. The lowest BCUT2D eigenvalue weighted by Crippen LogP contribution is -2.45. The summed E-state index contributed by atoms with van der Waals surface area (Å²) in [5, 5.41) is 8.98. The lowest BCUT2D eigenvalue weighted by atomic mass is 9.90. The van der Waals surface area contributed by atoms with Crippen molar-refractivity contribution >= 4 is 37.8 Å². The molecule has 1 aromatic rings. The number of rotatable bonds is 5. The summed E-state index contributed by atoms with van der Waals surface area (Å²) < 4.78 is 1.75. The first kappa shape index (κ1) is 15.0. The average molecular weight is 391 g/mol. The molecule has 1 aliphatic rings. The highest BCUT2D eigenvalue weighted by Gasteiger charge is 2.29. The van der Waals surface area contributed by atoms with Crippen LogP contribution in [0.25, 0.3) is 0 Å². The predicted octanol–water partition coefficient (Wildman–Crippen LogP) is 3.59. The largest absolute Gasteiger partial charge is 0.396 e. The van der Waals surface area contributed by atoms with E-state index >= 15 is 0 Å². The first-order valence-corrected chi connectivity index (χ1v) is 8.09. The monoisotopic (exact) mass is 389 g/mol. The lowest BCUT2D eigenvalue weighted by molar-refractivity contribution is 0.0561. The van der Waals surface area contributed by atoms with E-state index in [9.17, 15) is 4.79 Å². The molecule has 0 aliphatic heterocycles. The van der Waals surface area contributed by atoms with Crippen LogP contribution in [0, 0.1) is 0 Å². The molecule has 1 saturated carbocycles. The maximum Gasteiger partial charge on any atom is 0.255 e. The normalized spacial score (nSPS) is 15.1. The van der Waals surface area contributed by atoms with Gasteiger partial charge in [0.2, 0.25) is 0 Å². The summed E-state index contributed by atoms with van der Waals surface area (Å²) in [4.78, 5) is 14.5. The molecule has 1 aliphatic carbocycles. The van der Waals surface area contributed by atoms with Gasteiger partial charge in [0, 0.05) is 28.1 Å². The summed E-state index contributed by atoms with van der Waals surface area (Å²) in [7, 11) is 0. The molecule has 1 fully saturated rings. The molecule has 0 radical (unpaired) electrons. The van der Waals surface area contributed by atoms with Gasteiger partial charge >= 0.3 is 0 Å². The summed E-state index contributed by atoms with van der Waals surface area (Å²) in [5.41, 5.74) is 0.688. The van der Waals surface area contributed by atoms with E-state index in [1.165, 1.54) is 6.42 Å². The van der Waals surface area contributed by atoms with Gasteiger partial charge in [0.1, 0.15) is 0 Å². The number of carbonyl (C=O) groups is 1. The van der Waals surface area contributed by atoms with E-state index in [-0.39, 0.29) is 12.5 Å². The van der Waals surface area contributed by atoms with E-state index in [0.29, 0.717) is 24.6 Å². The number of hydrogen-bond acceptors (Lipinski definition) is 2. The van der Waals surface area contributed by atoms with Gasteiger partial charge in [0.25, 0.3) is 5.91 Å². The maximum atomic E-state index is 12.6. The van der Waals surface area contributed by atoms with Crippen LogP contribution in [0.2, 0.25) is 0 Å². The van der Waals surface area contributed by atoms with Gasteiger partial charge in [-0.1, -0.05) is 15.9 Å². The highest BCUT2D eigenvalue weighted by atomic mass is 79.9. The number of carbonyl (C=O) groups excluding carboxylic acids is 1. The molecule has 0 spiro atoms. The van der Waals surface area contributed by atoms with Gasteiger partial charge in [-0.15, -0.1) is 0 Å². The van der Waals surface area contributed by atoms with Gasteiger partial charge in [0.05, 0.1) is 5.56 Å². The van der Waals surface area contributed by atoms with Crippen molar-refractivity contribution < 1.29 is 9.90 Å². The van der Waals surface area contributed by atoms with Crippen molar-refractivity contribution in [3.63, 3.8) is 0 Å². The molecular weight excluding hydrogens is 374 g/mol. The van der Waals surface area contributed by atoms with Crippen molar-refractivity contribution in [2.45, 2.75) is 31.7 Å². The van der Waals surface area contributed by atoms with Crippen LogP contribution in [-0.2, 0) is 0 Å². The number of nitrogens with zero attached hydrogens (tertiary/aromatic N) is 1. The first-order chi connectivity index (χ1) is 9.13. The second-order valence-corrected chi connectivity index (χ2v) is 6.55. The van der Waals surface area contributed by atoms with Gasteiger partial charge in [-0.3, -0.25) is 4.79 Å². The Hall–Kier alpha value is -0.390. The fourth-order valence-corrected chi connectivity index (χ4v) is 3.42. The predicted molar refractivity (Wildman–Crippen MR) is 82.2 cm³/mol. The standard InChI is InChI=1S/C14H17Br2NO2/c15-10-5-6-12(13(16)9-10)14(19)17(7-2-8-18)11-3-1-4-11/h5-6,9,11,18H,1-4,7-8H2. The summed E-state index contributed by atoms with van der Waals surface area (Å²) >= 11 is 6.84. The summed E-state index contributed by atoms with van der Waals surface area (Å²) in [6.45, 7) is 0.751. The Balaban J connectivity index is 2.17. The van der Waals surface area contributed by atoms with Crippen LogP contribution in [0.5, 0.6) is 0 Å². The third-order valence-corrected chi connectivity index (χ3v) is 4.64. The Bertz CT molecular complexity index is 461. The van der Waals surface area contributed by atoms with E-state index in [2.05, 4.69) is 31.9 Å².